The first-order valence-electron chi connectivity index (χ1n) is 11.7. The first kappa shape index (κ1) is 25.1. The third-order valence-electron chi connectivity index (χ3n) is 6.51. The van der Waals surface area contributed by atoms with E-state index in [1.165, 1.54) is 11.3 Å². The Morgan fingerprint density at radius 2 is 1.95 bits per heavy atom. The van der Waals surface area contributed by atoms with Crippen LogP contribution in [0.2, 0.25) is 15.1 Å². The van der Waals surface area contributed by atoms with E-state index in [4.69, 9.17) is 44.6 Å². The lowest BCUT2D eigenvalue weighted by Gasteiger charge is -2.43. The quantitative estimate of drug-likeness (QED) is 0.316. The van der Waals surface area contributed by atoms with Crippen molar-refractivity contribution >= 4 is 62.8 Å². The number of halogens is 3. The highest BCUT2D eigenvalue weighted by atomic mass is 35.5. The highest BCUT2D eigenvalue weighted by molar-refractivity contribution is 7.18. The number of aliphatic carboxylic acids is 1. The second-order valence-corrected chi connectivity index (χ2v) is 11.3. The summed E-state index contributed by atoms with van der Waals surface area (Å²) in [7, 11) is 0. The Labute approximate surface area is 236 Å². The van der Waals surface area contributed by atoms with Gasteiger partial charge < -0.3 is 14.7 Å². The average molecular weight is 590 g/mol. The number of piperidine rings is 1. The predicted molar refractivity (Wildman–Crippen MR) is 146 cm³/mol. The number of thiazole rings is 1. The number of rotatable bonds is 5. The molecule has 2 aromatic carbocycles. The molecule has 4 aromatic rings. The maximum absolute atomic E-state index is 10.9. The molecule has 2 aliphatic rings. The molecule has 2 aliphatic heterocycles. The molecular weight excluding hydrogens is 571 g/mol. The van der Waals surface area contributed by atoms with Gasteiger partial charge in [0.2, 0.25) is 5.82 Å². The van der Waals surface area contributed by atoms with Crippen LogP contribution in [0.1, 0.15) is 24.0 Å². The fraction of sp³-hybridized carbons (Fsp3) is 0.240. The van der Waals surface area contributed by atoms with Gasteiger partial charge in [0.25, 0.3) is 0 Å². The average Bonchev–Trinajstić information content (AvgIpc) is 3.55. The first-order valence-corrected chi connectivity index (χ1v) is 13.6. The van der Waals surface area contributed by atoms with E-state index in [9.17, 15) is 4.79 Å². The number of hydrogen-bond donors (Lipinski definition) is 1. The van der Waals surface area contributed by atoms with Gasteiger partial charge in [-0.1, -0.05) is 52.2 Å². The summed E-state index contributed by atoms with van der Waals surface area (Å²) in [6, 6.07) is 11.1. The van der Waals surface area contributed by atoms with Gasteiger partial charge >= 0.3 is 5.97 Å². The maximum atomic E-state index is 10.9. The minimum Gasteiger partial charge on any atom is -0.482 e. The third kappa shape index (κ3) is 4.73. The molecule has 9 nitrogen and oxygen atoms in total. The van der Waals surface area contributed by atoms with Gasteiger partial charge in [0.1, 0.15) is 11.4 Å². The first-order chi connectivity index (χ1) is 18.3. The zero-order valence-electron chi connectivity index (χ0n) is 19.6. The van der Waals surface area contributed by atoms with Crippen LogP contribution in [0.3, 0.4) is 0 Å². The Morgan fingerprint density at radius 1 is 1.13 bits per heavy atom. The summed E-state index contributed by atoms with van der Waals surface area (Å²) in [5.41, 5.74) is 1.98. The molecular formula is C25H19Cl3N6O3S. The molecule has 6 rings (SSSR count). The lowest BCUT2D eigenvalue weighted by molar-refractivity contribution is -0.138. The SMILES string of the molecule is O=C(O)Cn1nnc(-c2cnc(N3CCC4(C=C(c5cc(Cl)ccc5Cl)c5c(Cl)cccc5O4)CC3)s2)n1. The number of benzene rings is 2. The molecule has 0 unspecified atom stereocenters. The minimum absolute atomic E-state index is 0.346. The van der Waals surface area contributed by atoms with Gasteiger partial charge in [-0.25, -0.2) is 4.98 Å². The van der Waals surface area contributed by atoms with E-state index < -0.39 is 11.6 Å². The molecule has 13 heteroatoms. The molecule has 38 heavy (non-hydrogen) atoms. The predicted octanol–water partition coefficient (Wildman–Crippen LogP) is 5.70. The van der Waals surface area contributed by atoms with E-state index in [0.29, 0.717) is 57.5 Å². The Balaban J connectivity index is 1.26. The molecule has 2 aromatic heterocycles. The molecule has 1 saturated heterocycles. The summed E-state index contributed by atoms with van der Waals surface area (Å²) >= 11 is 21.0. The minimum atomic E-state index is -1.04. The molecule has 4 heterocycles. The Bertz CT molecular complexity index is 1580. The van der Waals surface area contributed by atoms with Crippen molar-refractivity contribution < 1.29 is 14.6 Å². The van der Waals surface area contributed by atoms with Gasteiger partial charge in [-0.05, 0) is 47.2 Å². The fourth-order valence-electron chi connectivity index (χ4n) is 4.72. The van der Waals surface area contributed by atoms with Gasteiger partial charge in [-0.2, -0.15) is 4.80 Å². The molecule has 0 amide bonds. The van der Waals surface area contributed by atoms with Crippen LogP contribution in [-0.4, -0.2) is 55.0 Å². The zero-order chi connectivity index (χ0) is 26.4. The number of nitrogens with zero attached hydrogens (tertiary/aromatic N) is 6. The van der Waals surface area contributed by atoms with E-state index in [-0.39, 0.29) is 6.54 Å². The smallest absolute Gasteiger partial charge is 0.327 e. The van der Waals surface area contributed by atoms with E-state index in [1.807, 2.05) is 24.3 Å². The Morgan fingerprint density at radius 3 is 2.74 bits per heavy atom. The number of carboxylic acid groups (broad SMARTS) is 1. The van der Waals surface area contributed by atoms with Crippen molar-refractivity contribution in [3.63, 3.8) is 0 Å². The number of ether oxygens (including phenoxy) is 1. The van der Waals surface area contributed by atoms with Crippen molar-refractivity contribution in [2.45, 2.75) is 25.0 Å². The maximum Gasteiger partial charge on any atom is 0.327 e. The third-order valence-corrected chi connectivity index (χ3v) is 8.44. The van der Waals surface area contributed by atoms with Crippen molar-refractivity contribution in [3.8, 4) is 16.5 Å². The van der Waals surface area contributed by atoms with Gasteiger partial charge in [0, 0.05) is 47.1 Å². The van der Waals surface area contributed by atoms with Crippen LogP contribution >= 0.6 is 46.1 Å². The molecule has 194 valence electrons. The summed E-state index contributed by atoms with van der Waals surface area (Å²) in [6.45, 7) is 1.06. The standard InChI is InChI=1S/C25H19Cl3N6O3S/c26-14-4-5-17(27)15(10-14)16-11-25(37-19-3-1-2-18(28)22(16)19)6-8-33(9-7-25)24-29-12-20(38-24)23-30-32-34(31-23)13-21(35)36/h1-5,10-12H,6-9,13H2,(H,35,36). The van der Waals surface area contributed by atoms with Crippen molar-refractivity contribution in [2.75, 3.05) is 18.0 Å². The summed E-state index contributed by atoms with van der Waals surface area (Å²) in [4.78, 5) is 19.4. The monoisotopic (exact) mass is 588 g/mol. The number of anilines is 1. The van der Waals surface area contributed by atoms with E-state index in [2.05, 4.69) is 31.4 Å². The van der Waals surface area contributed by atoms with Gasteiger partial charge in [-0.3, -0.25) is 4.79 Å². The van der Waals surface area contributed by atoms with E-state index >= 15 is 0 Å². The van der Waals surface area contributed by atoms with Crippen molar-refractivity contribution in [3.05, 3.63) is 74.9 Å². The fourth-order valence-corrected chi connectivity index (χ4v) is 6.27. The number of carboxylic acids is 1. The molecule has 0 bridgehead atoms. The topological polar surface area (TPSA) is 106 Å². The Hall–Kier alpha value is -3.18. The van der Waals surface area contributed by atoms with Crippen molar-refractivity contribution in [1.82, 2.24) is 25.2 Å². The van der Waals surface area contributed by atoms with Crippen molar-refractivity contribution in [1.29, 1.82) is 0 Å². The van der Waals surface area contributed by atoms with Crippen LogP contribution in [0.5, 0.6) is 5.75 Å². The summed E-state index contributed by atoms with van der Waals surface area (Å²) in [5.74, 6) is 0.0240. The summed E-state index contributed by atoms with van der Waals surface area (Å²) in [5, 5.41) is 23.4. The Kier molecular flexibility index (Phi) is 6.51. The molecule has 0 aliphatic carbocycles. The van der Waals surface area contributed by atoms with Crippen molar-refractivity contribution in [2.24, 2.45) is 0 Å². The van der Waals surface area contributed by atoms with Crippen LogP contribution in [0.25, 0.3) is 16.3 Å². The highest BCUT2D eigenvalue weighted by Crippen LogP contribution is 2.48. The number of fused-ring (bicyclic) bond motifs is 1. The van der Waals surface area contributed by atoms with Gasteiger partial charge in [-0.15, -0.1) is 10.2 Å². The molecule has 0 saturated carbocycles. The molecule has 1 fully saturated rings. The van der Waals surface area contributed by atoms with E-state index in [1.54, 1.807) is 18.3 Å². The molecule has 1 N–H and O–H groups in total. The zero-order valence-corrected chi connectivity index (χ0v) is 22.7. The highest BCUT2D eigenvalue weighted by Gasteiger charge is 2.40. The van der Waals surface area contributed by atoms with Crippen LogP contribution in [0, 0.1) is 0 Å². The number of carbonyl (C=O) groups is 1. The number of tetrazole rings is 1. The normalized spacial score (nSPS) is 16.2. The lowest BCUT2D eigenvalue weighted by atomic mass is 9.83. The van der Waals surface area contributed by atoms with Crippen LogP contribution in [0.4, 0.5) is 5.13 Å². The molecule has 1 spiro atoms. The van der Waals surface area contributed by atoms with Gasteiger partial charge in [0.15, 0.2) is 11.7 Å². The van der Waals surface area contributed by atoms with Crippen LogP contribution in [0.15, 0.2) is 48.7 Å². The van der Waals surface area contributed by atoms with E-state index in [0.717, 1.165) is 26.6 Å². The van der Waals surface area contributed by atoms with Crippen LogP contribution < -0.4 is 9.64 Å². The second-order valence-electron chi connectivity index (χ2n) is 8.99. The number of aromatic nitrogens is 5. The molecule has 0 atom stereocenters. The summed E-state index contributed by atoms with van der Waals surface area (Å²) in [6.07, 6.45) is 5.24. The second kappa shape index (κ2) is 9.85. The largest absolute Gasteiger partial charge is 0.482 e. The molecule has 0 radical (unpaired) electrons. The summed E-state index contributed by atoms with van der Waals surface area (Å²) < 4.78 is 6.60. The van der Waals surface area contributed by atoms with Gasteiger partial charge in [0.05, 0.1) is 16.1 Å². The van der Waals surface area contributed by atoms with Crippen LogP contribution in [-0.2, 0) is 11.3 Å². The number of hydrogen-bond acceptors (Lipinski definition) is 8. The lowest BCUT2D eigenvalue weighted by Crippen LogP contribution is -2.48.